The Morgan fingerprint density at radius 2 is 2.24 bits per heavy atom. The Balaban J connectivity index is 2.27. The van der Waals surface area contributed by atoms with Gasteiger partial charge in [-0.1, -0.05) is 35.0 Å². The summed E-state index contributed by atoms with van der Waals surface area (Å²) in [5, 5.41) is 13.5. The summed E-state index contributed by atoms with van der Waals surface area (Å²) in [5.41, 5.74) is 3.22. The molecule has 0 amide bonds. The van der Waals surface area contributed by atoms with Gasteiger partial charge in [-0.3, -0.25) is 4.68 Å². The first kappa shape index (κ1) is 12.3. The lowest BCUT2D eigenvalue weighted by atomic mass is 10.2. The first-order valence-corrected chi connectivity index (χ1v) is 6.42. The molecule has 0 aliphatic heterocycles. The second-order valence-electron chi connectivity index (χ2n) is 3.92. The van der Waals surface area contributed by atoms with Crippen molar-refractivity contribution in [1.82, 2.24) is 9.78 Å². The lowest BCUT2D eigenvalue weighted by Crippen LogP contribution is -2.06. The van der Waals surface area contributed by atoms with Crippen molar-refractivity contribution in [2.24, 2.45) is 0 Å². The summed E-state index contributed by atoms with van der Waals surface area (Å²) in [7, 11) is 0. The molecule has 1 aromatic carbocycles. The van der Waals surface area contributed by atoms with Gasteiger partial charge in [0.25, 0.3) is 0 Å². The van der Waals surface area contributed by atoms with E-state index in [0.29, 0.717) is 0 Å². The van der Waals surface area contributed by atoms with Crippen LogP contribution in [0.15, 0.2) is 34.9 Å². The average molecular weight is 295 g/mol. The van der Waals surface area contributed by atoms with Gasteiger partial charge in [0.2, 0.25) is 0 Å². The number of aliphatic hydroxyl groups is 1. The van der Waals surface area contributed by atoms with Gasteiger partial charge in [-0.2, -0.15) is 5.10 Å². The van der Waals surface area contributed by atoms with Crippen molar-refractivity contribution in [1.29, 1.82) is 0 Å². The zero-order valence-corrected chi connectivity index (χ0v) is 11.3. The van der Waals surface area contributed by atoms with Crippen LogP contribution in [-0.2, 0) is 19.6 Å². The highest BCUT2D eigenvalue weighted by Gasteiger charge is 2.08. The molecule has 0 unspecified atom stereocenters. The van der Waals surface area contributed by atoms with Crippen LogP contribution >= 0.6 is 15.9 Å². The molecule has 3 nitrogen and oxygen atoms in total. The largest absolute Gasteiger partial charge is 0.392 e. The molecule has 4 heteroatoms. The minimum atomic E-state index is 0.0572. The van der Waals surface area contributed by atoms with Crippen LogP contribution in [0.1, 0.15) is 23.7 Å². The monoisotopic (exact) mass is 294 g/mol. The van der Waals surface area contributed by atoms with E-state index in [4.69, 9.17) is 0 Å². The fourth-order valence-electron chi connectivity index (χ4n) is 1.94. The van der Waals surface area contributed by atoms with E-state index in [1.165, 1.54) is 5.56 Å². The van der Waals surface area contributed by atoms with Gasteiger partial charge >= 0.3 is 0 Å². The van der Waals surface area contributed by atoms with E-state index in [0.717, 1.165) is 28.7 Å². The Bertz CT molecular complexity index is 508. The molecule has 0 fully saturated rings. The molecule has 0 atom stereocenters. The third-order valence-electron chi connectivity index (χ3n) is 2.76. The van der Waals surface area contributed by atoms with Crippen molar-refractivity contribution in [2.45, 2.75) is 26.5 Å². The molecule has 2 rings (SSSR count). The molecule has 0 aliphatic rings. The highest BCUT2D eigenvalue weighted by molar-refractivity contribution is 9.10. The maximum Gasteiger partial charge on any atom is 0.0715 e. The topological polar surface area (TPSA) is 38.1 Å². The lowest BCUT2D eigenvalue weighted by molar-refractivity contribution is 0.280. The molecule has 0 saturated carbocycles. The highest BCUT2D eigenvalue weighted by Crippen LogP contribution is 2.15. The lowest BCUT2D eigenvalue weighted by Gasteiger charge is -2.07. The van der Waals surface area contributed by atoms with E-state index >= 15 is 0 Å². The molecule has 0 aliphatic carbocycles. The number of aromatic nitrogens is 2. The summed E-state index contributed by atoms with van der Waals surface area (Å²) in [6.45, 7) is 2.87. The van der Waals surface area contributed by atoms with Crippen LogP contribution in [0.25, 0.3) is 0 Å². The normalized spacial score (nSPS) is 10.8. The van der Waals surface area contributed by atoms with Crippen LogP contribution in [0.2, 0.25) is 0 Å². The second-order valence-corrected chi connectivity index (χ2v) is 4.83. The van der Waals surface area contributed by atoms with Gasteiger partial charge in [0.1, 0.15) is 0 Å². The Morgan fingerprint density at radius 3 is 2.88 bits per heavy atom. The van der Waals surface area contributed by atoms with Crippen LogP contribution < -0.4 is 0 Å². The Morgan fingerprint density at radius 1 is 1.41 bits per heavy atom. The Hall–Kier alpha value is -1.13. The van der Waals surface area contributed by atoms with Crippen molar-refractivity contribution in [3.63, 3.8) is 0 Å². The summed E-state index contributed by atoms with van der Waals surface area (Å²) >= 11 is 3.46. The summed E-state index contributed by atoms with van der Waals surface area (Å²) < 4.78 is 3.02. The molecule has 17 heavy (non-hydrogen) atoms. The Kier molecular flexibility index (Phi) is 3.97. The number of hydrogen-bond donors (Lipinski definition) is 1. The quantitative estimate of drug-likeness (QED) is 0.942. The number of rotatable bonds is 4. The van der Waals surface area contributed by atoms with E-state index in [9.17, 15) is 5.11 Å². The maximum absolute atomic E-state index is 9.21. The van der Waals surface area contributed by atoms with E-state index in [1.54, 1.807) is 6.20 Å². The molecular weight excluding hydrogens is 280 g/mol. The van der Waals surface area contributed by atoms with E-state index < -0.39 is 0 Å². The zero-order chi connectivity index (χ0) is 12.3. The molecule has 2 aromatic rings. The maximum atomic E-state index is 9.21. The van der Waals surface area contributed by atoms with Crippen LogP contribution in [-0.4, -0.2) is 14.9 Å². The minimum absolute atomic E-state index is 0.0572. The summed E-state index contributed by atoms with van der Waals surface area (Å²) in [6, 6.07) is 8.18. The molecule has 0 bridgehead atoms. The van der Waals surface area contributed by atoms with Gasteiger partial charge in [0.05, 0.1) is 19.3 Å². The van der Waals surface area contributed by atoms with Gasteiger partial charge in [-0.05, 0) is 24.1 Å². The SMILES string of the molecule is CCc1c(CO)cnn1Cc1cccc(Br)c1. The van der Waals surface area contributed by atoms with Crippen molar-refractivity contribution in [3.8, 4) is 0 Å². The van der Waals surface area contributed by atoms with Crippen molar-refractivity contribution in [2.75, 3.05) is 0 Å². The summed E-state index contributed by atoms with van der Waals surface area (Å²) in [5.74, 6) is 0. The third-order valence-corrected chi connectivity index (χ3v) is 3.26. The summed E-state index contributed by atoms with van der Waals surface area (Å²) in [4.78, 5) is 0. The first-order valence-electron chi connectivity index (χ1n) is 5.63. The van der Waals surface area contributed by atoms with Crippen LogP contribution in [0.3, 0.4) is 0 Å². The van der Waals surface area contributed by atoms with Crippen LogP contribution in [0.5, 0.6) is 0 Å². The van der Waals surface area contributed by atoms with E-state index in [1.807, 2.05) is 16.8 Å². The van der Waals surface area contributed by atoms with Crippen molar-refractivity contribution < 1.29 is 5.11 Å². The van der Waals surface area contributed by atoms with Crippen LogP contribution in [0, 0.1) is 0 Å². The van der Waals surface area contributed by atoms with E-state index in [2.05, 4.69) is 40.1 Å². The molecule has 1 aromatic heterocycles. The van der Waals surface area contributed by atoms with Gasteiger partial charge in [-0.15, -0.1) is 0 Å². The molecule has 0 spiro atoms. The molecule has 1 heterocycles. The van der Waals surface area contributed by atoms with E-state index in [-0.39, 0.29) is 6.61 Å². The van der Waals surface area contributed by atoms with Gasteiger partial charge in [0.15, 0.2) is 0 Å². The molecule has 0 radical (unpaired) electrons. The molecule has 90 valence electrons. The number of nitrogens with zero attached hydrogens (tertiary/aromatic N) is 2. The first-order chi connectivity index (χ1) is 8.24. The summed E-state index contributed by atoms with van der Waals surface area (Å²) in [6.07, 6.45) is 2.63. The number of benzene rings is 1. The van der Waals surface area contributed by atoms with Gasteiger partial charge in [0, 0.05) is 15.7 Å². The number of hydrogen-bond acceptors (Lipinski definition) is 2. The second kappa shape index (κ2) is 5.47. The predicted molar refractivity (Wildman–Crippen MR) is 70.8 cm³/mol. The standard InChI is InChI=1S/C13H15BrN2O/c1-2-13-11(9-17)7-15-16(13)8-10-4-3-5-12(14)6-10/h3-7,17H,2,8-9H2,1H3. The molecule has 0 saturated heterocycles. The highest BCUT2D eigenvalue weighted by atomic mass is 79.9. The van der Waals surface area contributed by atoms with Crippen molar-refractivity contribution in [3.05, 3.63) is 51.8 Å². The van der Waals surface area contributed by atoms with Gasteiger partial charge in [-0.25, -0.2) is 0 Å². The number of halogens is 1. The van der Waals surface area contributed by atoms with Crippen LogP contribution in [0.4, 0.5) is 0 Å². The molecular formula is C13H15BrN2O. The fraction of sp³-hybridized carbons (Fsp3) is 0.308. The average Bonchev–Trinajstić information content (AvgIpc) is 2.71. The zero-order valence-electron chi connectivity index (χ0n) is 9.73. The minimum Gasteiger partial charge on any atom is -0.392 e. The molecule has 1 N–H and O–H groups in total. The third kappa shape index (κ3) is 2.76. The van der Waals surface area contributed by atoms with Gasteiger partial charge < -0.3 is 5.11 Å². The van der Waals surface area contributed by atoms with Crippen molar-refractivity contribution >= 4 is 15.9 Å². The Labute approximate surface area is 109 Å². The predicted octanol–water partition coefficient (Wildman–Crippen LogP) is 2.75. The number of aliphatic hydroxyl groups excluding tert-OH is 1. The smallest absolute Gasteiger partial charge is 0.0715 e. The fourth-order valence-corrected chi connectivity index (χ4v) is 2.38.